The van der Waals surface area contributed by atoms with Crippen LogP contribution in [0.2, 0.25) is 0 Å². The number of nitrogens with zero attached hydrogens (tertiary/aromatic N) is 1. The number of thiol groups is 1. The van der Waals surface area contributed by atoms with Gasteiger partial charge in [-0.05, 0) is 0 Å². The van der Waals surface area contributed by atoms with Crippen LogP contribution in [0.5, 0.6) is 0 Å². The van der Waals surface area contributed by atoms with E-state index in [1.807, 2.05) is 0 Å². The van der Waals surface area contributed by atoms with Crippen LogP contribution in [-0.4, -0.2) is 63.2 Å². The Morgan fingerprint density at radius 1 is 1.12 bits per heavy atom. The summed E-state index contributed by atoms with van der Waals surface area (Å²) < 4.78 is 21.1. The summed E-state index contributed by atoms with van der Waals surface area (Å²) in [7, 11) is -1.33. The predicted octanol–water partition coefficient (Wildman–Crippen LogP) is -0.446. The molecule has 0 spiro atoms. The Labute approximate surface area is 155 Å². The van der Waals surface area contributed by atoms with E-state index >= 15 is 0 Å². The first-order valence-corrected chi connectivity index (χ1v) is 9.10. The number of aliphatic carboxylic acids is 2. The average Bonchev–Trinajstić information content (AvgIpc) is 2.57. The average molecular weight is 423 g/mol. The second-order valence-corrected chi connectivity index (χ2v) is 5.69. The van der Waals surface area contributed by atoms with Gasteiger partial charge in [-0.1, -0.05) is 0 Å². The molecule has 0 heterocycles. The van der Waals surface area contributed by atoms with Crippen LogP contribution < -0.4 is 10.6 Å². The van der Waals surface area contributed by atoms with Gasteiger partial charge in [-0.2, -0.15) is 0 Å². The van der Waals surface area contributed by atoms with E-state index in [4.69, 9.17) is 10.2 Å². The molecular formula is C12H15N3O8P2S. The topological polar surface area (TPSA) is 170 Å². The molecule has 14 heteroatoms. The summed E-state index contributed by atoms with van der Waals surface area (Å²) in [5.74, 6) is -0.0730. The van der Waals surface area contributed by atoms with E-state index in [1.54, 1.807) is 0 Å². The Balaban J connectivity index is 4.86. The van der Waals surface area contributed by atoms with Gasteiger partial charge in [0, 0.05) is 0 Å². The summed E-state index contributed by atoms with van der Waals surface area (Å²) in [6.45, 7) is -0.630. The Kier molecular flexibility index (Phi) is 12.5. The number of hydrogen-bond donors (Lipinski definition) is 5. The number of carbonyl (C=O) groups is 4. The van der Waals surface area contributed by atoms with Crippen molar-refractivity contribution in [2.24, 2.45) is 0 Å². The van der Waals surface area contributed by atoms with Crippen LogP contribution in [0, 0.1) is 11.5 Å². The summed E-state index contributed by atoms with van der Waals surface area (Å²) in [6, 6.07) is -2.51. The van der Waals surface area contributed by atoms with Gasteiger partial charge in [-0.3, -0.25) is 4.79 Å². The van der Waals surface area contributed by atoms with E-state index in [0.717, 1.165) is 0 Å². The van der Waals surface area contributed by atoms with Crippen LogP contribution in [0.15, 0.2) is 0 Å². The number of nitrogens with one attached hydrogen (secondary N) is 2. The maximum absolute atomic E-state index is 11.9. The number of carboxylic acid groups (broad SMARTS) is 2. The zero-order valence-corrected chi connectivity index (χ0v) is 15.8. The number of carbonyl (C=O) groups excluding carboxylic acids is 2. The Morgan fingerprint density at radius 2 is 1.69 bits per heavy atom. The number of rotatable bonds is 10. The molecule has 4 N–H and O–H groups in total. The molecule has 0 aliphatic carbocycles. The molecule has 0 aromatic rings. The first-order chi connectivity index (χ1) is 12.3. The van der Waals surface area contributed by atoms with Gasteiger partial charge >= 0.3 is 145 Å². The SMILES string of the molecule is O=P#CN(C#P=O)[C@@H](CCC(=O)N[C@@H](CS)C(=O)NCC(=O)O)C(=O)O. The standard InChI is InChI=1S/C12H15N3O8P2S/c16-9(14-7(4-26)11(19)13-3-10(17)18)2-1-8(12(20)21)15(5-24-22)6-25-23/h7-8,26H,1-4H2,(H,13,19)(H,14,16)(H,17,18)(H,20,21)/t7-,8-/m0/s1. The van der Waals surface area contributed by atoms with E-state index in [2.05, 4.69) is 34.8 Å². The van der Waals surface area contributed by atoms with E-state index in [9.17, 15) is 28.3 Å². The van der Waals surface area contributed by atoms with Crippen molar-refractivity contribution >= 4 is 52.2 Å². The molecule has 0 fully saturated rings. The van der Waals surface area contributed by atoms with Crippen LogP contribution >= 0.6 is 28.5 Å². The van der Waals surface area contributed by atoms with Gasteiger partial charge in [0.2, 0.25) is 0 Å². The number of carboxylic acids is 2. The van der Waals surface area contributed by atoms with Gasteiger partial charge in [0.1, 0.15) is 0 Å². The summed E-state index contributed by atoms with van der Waals surface area (Å²) in [6.07, 6.45) is -0.638. The van der Waals surface area contributed by atoms with E-state index in [1.165, 1.54) is 0 Å². The molecule has 142 valence electrons. The van der Waals surface area contributed by atoms with Crippen molar-refractivity contribution in [3.8, 4) is 11.5 Å². The summed E-state index contributed by atoms with van der Waals surface area (Å²) in [5, 5.41) is 22.0. The zero-order valence-electron chi connectivity index (χ0n) is 13.1. The first-order valence-electron chi connectivity index (χ1n) is 6.84. The Morgan fingerprint density at radius 3 is 2.12 bits per heavy atom. The molecule has 2 amide bonds. The summed E-state index contributed by atoms with van der Waals surface area (Å²) in [5.41, 5.74) is 0. The molecule has 0 saturated heterocycles. The minimum atomic E-state index is -1.40. The molecule has 2 atom stereocenters. The van der Waals surface area contributed by atoms with Crippen molar-refractivity contribution in [3.05, 3.63) is 0 Å². The second kappa shape index (κ2) is 13.4. The van der Waals surface area contributed by atoms with Gasteiger partial charge in [0.25, 0.3) is 0 Å². The van der Waals surface area contributed by atoms with Gasteiger partial charge in [-0.25, -0.2) is 0 Å². The first kappa shape index (κ1) is 24.2. The van der Waals surface area contributed by atoms with Crippen LogP contribution in [0.3, 0.4) is 0 Å². The van der Waals surface area contributed by atoms with Crippen LogP contribution in [0.25, 0.3) is 0 Å². The molecule has 0 radical (unpaired) electrons. The van der Waals surface area contributed by atoms with Crippen molar-refractivity contribution in [2.45, 2.75) is 24.9 Å². The fraction of sp³-hybridized carbons (Fsp3) is 0.500. The van der Waals surface area contributed by atoms with Crippen LogP contribution in [0.4, 0.5) is 0 Å². The van der Waals surface area contributed by atoms with Crippen molar-refractivity contribution < 1.29 is 38.5 Å². The molecule has 0 aliphatic heterocycles. The van der Waals surface area contributed by atoms with E-state index < -0.39 is 58.2 Å². The van der Waals surface area contributed by atoms with Crippen molar-refractivity contribution in [1.29, 1.82) is 0 Å². The number of amides is 2. The number of hydrogen-bond acceptors (Lipinski definition) is 8. The minimum absolute atomic E-state index is 0.112. The Hall–Kier alpha value is -1.79. The molecule has 0 unspecified atom stereocenters. The fourth-order valence-corrected chi connectivity index (χ4v) is 2.52. The molecule has 0 rings (SSSR count). The van der Waals surface area contributed by atoms with Gasteiger partial charge in [0.15, 0.2) is 0 Å². The molecule has 0 aliphatic rings. The van der Waals surface area contributed by atoms with Crippen LogP contribution in [-0.2, 0) is 28.3 Å². The van der Waals surface area contributed by atoms with Crippen molar-refractivity contribution in [3.63, 3.8) is 0 Å². The summed E-state index contributed by atoms with van der Waals surface area (Å²) >= 11 is 3.89. The van der Waals surface area contributed by atoms with Crippen molar-refractivity contribution in [2.75, 3.05) is 12.3 Å². The molecule has 11 nitrogen and oxygen atoms in total. The quantitative estimate of drug-likeness (QED) is 0.177. The normalized spacial score (nSPS) is 12.1. The Bertz CT molecular complexity index is 737. The molecular weight excluding hydrogens is 408 g/mol. The zero-order chi connectivity index (χ0) is 20.1. The molecule has 0 aromatic carbocycles. The third-order valence-corrected chi connectivity index (χ3v) is 3.75. The molecule has 0 aromatic heterocycles. The van der Waals surface area contributed by atoms with Gasteiger partial charge in [-0.15, -0.1) is 0 Å². The molecule has 0 bridgehead atoms. The second-order valence-electron chi connectivity index (χ2n) is 4.56. The predicted molar refractivity (Wildman–Crippen MR) is 91.9 cm³/mol. The van der Waals surface area contributed by atoms with Gasteiger partial charge < -0.3 is 5.11 Å². The van der Waals surface area contributed by atoms with Gasteiger partial charge in [0.05, 0.1) is 0 Å². The van der Waals surface area contributed by atoms with E-state index in [0.29, 0.717) is 4.90 Å². The molecule has 0 saturated carbocycles. The maximum atomic E-state index is 11.9. The van der Waals surface area contributed by atoms with E-state index in [-0.39, 0.29) is 18.6 Å². The third kappa shape index (κ3) is 9.63. The summed E-state index contributed by atoms with van der Waals surface area (Å²) in [4.78, 5) is 45.9. The molecule has 26 heavy (non-hydrogen) atoms. The third-order valence-electron chi connectivity index (χ3n) is 2.79. The van der Waals surface area contributed by atoms with Crippen molar-refractivity contribution in [1.82, 2.24) is 15.5 Å². The fourth-order valence-electron chi connectivity index (χ4n) is 1.63. The monoisotopic (exact) mass is 423 g/mol. The van der Waals surface area contributed by atoms with Crippen LogP contribution in [0.1, 0.15) is 12.8 Å².